The van der Waals surface area contributed by atoms with Gasteiger partial charge in [-0.1, -0.05) is 83.3 Å². The number of hydrogen-bond acceptors (Lipinski definition) is 4. The van der Waals surface area contributed by atoms with Crippen molar-refractivity contribution in [2.75, 3.05) is 7.11 Å². The first-order valence-electron chi connectivity index (χ1n) is 10.6. The van der Waals surface area contributed by atoms with E-state index in [4.69, 9.17) is 5.11 Å². The number of rotatable bonds is 5. The largest absolute Gasteiger partial charge is 0.400 e. The van der Waals surface area contributed by atoms with Crippen LogP contribution in [-0.4, -0.2) is 29.6 Å². The Morgan fingerprint density at radius 1 is 0.806 bits per heavy atom. The summed E-state index contributed by atoms with van der Waals surface area (Å²) in [7, 11) is 1.00. The van der Waals surface area contributed by atoms with Gasteiger partial charge in [0, 0.05) is 12.7 Å². The van der Waals surface area contributed by atoms with Crippen molar-refractivity contribution >= 4 is 22.9 Å². The maximum Gasteiger partial charge on any atom is 0.159 e. The summed E-state index contributed by atoms with van der Waals surface area (Å²) in [6, 6.07) is 7.35. The van der Waals surface area contributed by atoms with E-state index in [-0.39, 0.29) is 17.3 Å². The average molecular weight is 435 g/mol. The van der Waals surface area contributed by atoms with Gasteiger partial charge in [-0.05, 0) is 52.7 Å². The minimum absolute atomic E-state index is 0.0579. The third-order valence-electron chi connectivity index (χ3n) is 3.46. The number of aliphatic hydroxyl groups excluding tert-OH is 1. The first-order chi connectivity index (χ1) is 14.6. The normalized spacial score (nSPS) is 8.16. The number of benzene rings is 1. The molecule has 4 heteroatoms. The fourth-order valence-corrected chi connectivity index (χ4v) is 1.32. The Morgan fingerprint density at radius 3 is 1.26 bits per heavy atom. The van der Waals surface area contributed by atoms with Crippen LogP contribution in [-0.2, 0) is 9.59 Å². The van der Waals surface area contributed by atoms with Crippen LogP contribution in [0.1, 0.15) is 85.2 Å². The van der Waals surface area contributed by atoms with Gasteiger partial charge in [0.1, 0.15) is 11.6 Å². The average Bonchev–Trinajstić information content (AvgIpc) is 2.82. The van der Waals surface area contributed by atoms with E-state index in [1.54, 1.807) is 32.1 Å². The van der Waals surface area contributed by atoms with Crippen molar-refractivity contribution in [1.29, 1.82) is 0 Å². The molecule has 31 heavy (non-hydrogen) atoms. The molecule has 1 aromatic rings. The number of carbonyl (C=O) groups is 3. The van der Waals surface area contributed by atoms with Gasteiger partial charge in [0.25, 0.3) is 0 Å². The molecule has 4 nitrogen and oxygen atoms in total. The van der Waals surface area contributed by atoms with Crippen LogP contribution in [0.4, 0.5) is 0 Å². The standard InChI is InChI=1S/C12H12O.C6H10O2.C4H8.2C2H6.CH4O/c1-4-9(2)11-5-7-12(8-6-11)10(3)13;1-4(5(2)7)6(3)8;1-3-4-2;3*1-2/h4-8H,1-2H2,3H3;4H,1-3H3;3-4H,1-2H3;2*1-2H3;2H,1H3/b;;4-3-;;;. The van der Waals surface area contributed by atoms with Crippen molar-refractivity contribution in [2.45, 2.75) is 69.2 Å². The molecule has 0 bridgehead atoms. The second kappa shape index (κ2) is 29.6. The third kappa shape index (κ3) is 25.4. The van der Waals surface area contributed by atoms with Crippen molar-refractivity contribution in [3.63, 3.8) is 0 Å². The number of carbonyl (C=O) groups excluding carboxylic acids is 3. The van der Waals surface area contributed by atoms with Gasteiger partial charge >= 0.3 is 0 Å². The molecule has 0 amide bonds. The van der Waals surface area contributed by atoms with Crippen molar-refractivity contribution in [3.8, 4) is 0 Å². The van der Waals surface area contributed by atoms with E-state index in [1.807, 2.05) is 65.8 Å². The van der Waals surface area contributed by atoms with Gasteiger partial charge in [0.2, 0.25) is 0 Å². The summed E-state index contributed by atoms with van der Waals surface area (Å²) in [5.41, 5.74) is 2.59. The molecule has 0 fully saturated rings. The fraction of sp³-hybridized carbons (Fsp3) is 0.444. The summed E-state index contributed by atoms with van der Waals surface area (Å²) in [6.07, 6.45) is 5.70. The fourth-order valence-electron chi connectivity index (χ4n) is 1.32. The highest BCUT2D eigenvalue weighted by molar-refractivity contribution is 5.99. The smallest absolute Gasteiger partial charge is 0.159 e. The highest BCUT2D eigenvalue weighted by Crippen LogP contribution is 2.14. The van der Waals surface area contributed by atoms with E-state index < -0.39 is 5.92 Å². The van der Waals surface area contributed by atoms with Crippen LogP contribution in [0.25, 0.3) is 5.57 Å². The first-order valence-corrected chi connectivity index (χ1v) is 10.6. The molecule has 0 spiro atoms. The molecule has 1 rings (SSSR count). The number of aliphatic hydroxyl groups is 1. The molecule has 0 heterocycles. The summed E-state index contributed by atoms with van der Waals surface area (Å²) in [5.74, 6) is -0.444. The van der Waals surface area contributed by atoms with Crippen LogP contribution in [0.5, 0.6) is 0 Å². The first kappa shape index (κ1) is 38.9. The Bertz CT molecular complexity index is 605. The predicted molar refractivity (Wildman–Crippen MR) is 138 cm³/mol. The van der Waals surface area contributed by atoms with Gasteiger partial charge in [-0.15, -0.1) is 0 Å². The maximum absolute atomic E-state index is 11.0. The molecule has 178 valence electrons. The molecule has 0 aliphatic heterocycles. The number of Topliss-reactive ketones (excluding diaryl/α,β-unsaturated/α-hetero) is 3. The van der Waals surface area contributed by atoms with Crippen molar-refractivity contribution in [3.05, 3.63) is 66.8 Å². The molecule has 1 N–H and O–H groups in total. The van der Waals surface area contributed by atoms with Crippen LogP contribution in [0.2, 0.25) is 0 Å². The Hall–Kier alpha value is -2.59. The molecular formula is C27H46O4. The van der Waals surface area contributed by atoms with Gasteiger partial charge in [-0.2, -0.15) is 0 Å². The summed E-state index contributed by atoms with van der Waals surface area (Å²) < 4.78 is 0. The highest BCUT2D eigenvalue weighted by Gasteiger charge is 2.11. The Morgan fingerprint density at radius 2 is 1.10 bits per heavy atom. The number of ketones is 3. The monoisotopic (exact) mass is 434 g/mol. The molecule has 0 saturated carbocycles. The lowest BCUT2D eigenvalue weighted by Crippen LogP contribution is -2.14. The van der Waals surface area contributed by atoms with E-state index in [2.05, 4.69) is 13.2 Å². The zero-order chi connectivity index (χ0) is 26.0. The molecule has 1 aromatic carbocycles. The maximum atomic E-state index is 11.0. The second-order valence-electron chi connectivity index (χ2n) is 5.47. The molecule has 0 atom stereocenters. The lowest BCUT2D eigenvalue weighted by molar-refractivity contribution is -0.129. The van der Waals surface area contributed by atoms with Gasteiger partial charge in [0.15, 0.2) is 5.78 Å². The molecule has 0 aromatic heterocycles. The van der Waals surface area contributed by atoms with Gasteiger partial charge in [0.05, 0.1) is 5.92 Å². The lowest BCUT2D eigenvalue weighted by atomic mass is 10.0. The van der Waals surface area contributed by atoms with Crippen molar-refractivity contribution < 1.29 is 19.5 Å². The lowest BCUT2D eigenvalue weighted by Gasteiger charge is -2.00. The molecule has 0 aliphatic carbocycles. The van der Waals surface area contributed by atoms with E-state index in [9.17, 15) is 14.4 Å². The summed E-state index contributed by atoms with van der Waals surface area (Å²) in [6.45, 7) is 25.5. The van der Waals surface area contributed by atoms with E-state index in [0.717, 1.165) is 23.8 Å². The van der Waals surface area contributed by atoms with Crippen LogP contribution >= 0.6 is 0 Å². The number of allylic oxidation sites excluding steroid dienone is 4. The summed E-state index contributed by atoms with van der Waals surface area (Å²) >= 11 is 0. The topological polar surface area (TPSA) is 71.4 Å². The summed E-state index contributed by atoms with van der Waals surface area (Å²) in [4.78, 5) is 31.7. The van der Waals surface area contributed by atoms with Crippen LogP contribution in [0, 0.1) is 5.92 Å². The highest BCUT2D eigenvalue weighted by atomic mass is 16.2. The van der Waals surface area contributed by atoms with Crippen LogP contribution in [0.15, 0.2) is 55.7 Å². The van der Waals surface area contributed by atoms with Crippen molar-refractivity contribution in [1.82, 2.24) is 0 Å². The van der Waals surface area contributed by atoms with E-state index in [0.29, 0.717) is 0 Å². The predicted octanol–water partition coefficient (Wildman–Crippen LogP) is 7.13. The Labute approximate surface area is 191 Å². The molecule has 0 aliphatic rings. The van der Waals surface area contributed by atoms with Crippen molar-refractivity contribution in [2.24, 2.45) is 5.92 Å². The SMILES string of the molecule is C/C=C\C.C=CC(=C)c1ccc(C(C)=O)cc1.CC.CC.CC(=O)C(C)C(C)=O.CO. The van der Waals surface area contributed by atoms with Crippen LogP contribution < -0.4 is 0 Å². The van der Waals surface area contributed by atoms with E-state index >= 15 is 0 Å². The van der Waals surface area contributed by atoms with Gasteiger partial charge in [-0.3, -0.25) is 14.4 Å². The summed E-state index contributed by atoms with van der Waals surface area (Å²) in [5, 5.41) is 7.00. The minimum atomic E-state index is -0.407. The molecule has 0 radical (unpaired) electrons. The third-order valence-corrected chi connectivity index (χ3v) is 3.46. The molecule has 0 unspecified atom stereocenters. The zero-order valence-corrected chi connectivity index (χ0v) is 21.7. The van der Waals surface area contributed by atoms with Gasteiger partial charge < -0.3 is 5.11 Å². The number of hydrogen-bond donors (Lipinski definition) is 1. The quantitative estimate of drug-likeness (QED) is 0.231. The Kier molecular flexibility index (Phi) is 37.2. The Balaban J connectivity index is -0.000000108. The molecule has 0 saturated heterocycles. The minimum Gasteiger partial charge on any atom is -0.400 e. The molecular weight excluding hydrogens is 388 g/mol. The van der Waals surface area contributed by atoms with Gasteiger partial charge in [-0.25, -0.2) is 0 Å². The van der Waals surface area contributed by atoms with E-state index in [1.165, 1.54) is 13.8 Å². The zero-order valence-electron chi connectivity index (χ0n) is 21.7. The van der Waals surface area contributed by atoms with Crippen LogP contribution in [0.3, 0.4) is 0 Å². The second-order valence-corrected chi connectivity index (χ2v) is 5.47.